The Hall–Kier alpha value is -2.35. The van der Waals surface area contributed by atoms with E-state index in [1.54, 1.807) is 31.2 Å². The van der Waals surface area contributed by atoms with Crippen LogP contribution in [-0.2, 0) is 16.6 Å². The first kappa shape index (κ1) is 19.0. The molecule has 0 unspecified atom stereocenters. The van der Waals surface area contributed by atoms with Crippen LogP contribution in [0.2, 0.25) is 0 Å². The average Bonchev–Trinajstić information content (AvgIpc) is 2.85. The van der Waals surface area contributed by atoms with Gasteiger partial charge in [0.25, 0.3) is 5.91 Å². The summed E-state index contributed by atoms with van der Waals surface area (Å²) >= 11 is 0. The van der Waals surface area contributed by atoms with E-state index in [-0.39, 0.29) is 17.7 Å². The average molecular weight is 364 g/mol. The number of benzene rings is 1. The Balaban J connectivity index is 1.97. The van der Waals surface area contributed by atoms with Gasteiger partial charge in [-0.1, -0.05) is 0 Å². The summed E-state index contributed by atoms with van der Waals surface area (Å²) in [6.07, 6.45) is 0. The minimum absolute atomic E-state index is 0.000921. The minimum Gasteiger partial charge on any atom is -0.348 e. The molecule has 136 valence electrons. The van der Waals surface area contributed by atoms with Gasteiger partial charge in [0.05, 0.1) is 18.0 Å². The van der Waals surface area contributed by atoms with Crippen LogP contribution in [0.25, 0.3) is 0 Å². The van der Waals surface area contributed by atoms with Crippen LogP contribution in [0.15, 0.2) is 30.3 Å². The third-order valence-electron chi connectivity index (χ3n) is 3.73. The summed E-state index contributed by atoms with van der Waals surface area (Å²) in [5.74, 6) is -0.210. The number of aryl methyl sites for hydroxylation is 2. The predicted octanol–water partition coefficient (Wildman–Crippen LogP) is 2.08. The number of carbonyl (C=O) groups excluding carboxylic acids is 1. The van der Waals surface area contributed by atoms with Gasteiger partial charge in [-0.25, -0.2) is 8.42 Å². The van der Waals surface area contributed by atoms with Gasteiger partial charge in [-0.2, -0.15) is 5.10 Å². The molecule has 25 heavy (non-hydrogen) atoms. The van der Waals surface area contributed by atoms with E-state index in [1.807, 2.05) is 31.5 Å². The molecule has 1 amide bonds. The second-order valence-electron chi connectivity index (χ2n) is 6.07. The van der Waals surface area contributed by atoms with Gasteiger partial charge >= 0.3 is 0 Å². The number of amides is 1. The highest BCUT2D eigenvalue weighted by atomic mass is 32.2. The maximum Gasteiger partial charge on any atom is 0.251 e. The highest BCUT2D eigenvalue weighted by Gasteiger charge is 2.13. The first-order chi connectivity index (χ1) is 11.7. The monoisotopic (exact) mass is 364 g/mol. The van der Waals surface area contributed by atoms with E-state index in [4.69, 9.17) is 0 Å². The fourth-order valence-corrected chi connectivity index (χ4v) is 3.05. The molecule has 1 atom stereocenters. The van der Waals surface area contributed by atoms with Crippen molar-refractivity contribution < 1.29 is 13.2 Å². The molecule has 0 aliphatic rings. The van der Waals surface area contributed by atoms with Crippen LogP contribution in [0.3, 0.4) is 0 Å². The zero-order valence-electron chi connectivity index (χ0n) is 14.9. The number of nitrogens with zero attached hydrogens (tertiary/aromatic N) is 2. The molecule has 0 saturated carbocycles. The van der Waals surface area contributed by atoms with Crippen molar-refractivity contribution in [2.24, 2.45) is 0 Å². The highest BCUT2D eigenvalue weighted by Crippen LogP contribution is 2.12. The smallest absolute Gasteiger partial charge is 0.251 e. The van der Waals surface area contributed by atoms with Crippen molar-refractivity contribution in [1.29, 1.82) is 0 Å². The molecule has 0 saturated heterocycles. The molecule has 1 aromatic heterocycles. The summed E-state index contributed by atoms with van der Waals surface area (Å²) in [5.41, 5.74) is 2.90. The summed E-state index contributed by atoms with van der Waals surface area (Å²) < 4.78 is 27.4. The molecule has 2 aromatic rings. The van der Waals surface area contributed by atoms with Crippen molar-refractivity contribution in [2.75, 3.05) is 10.5 Å². The van der Waals surface area contributed by atoms with Gasteiger partial charge in [-0.05, 0) is 58.0 Å². The Kier molecular flexibility index (Phi) is 5.84. The molecule has 0 aliphatic carbocycles. The second kappa shape index (κ2) is 7.69. The molecule has 0 bridgehead atoms. The molecule has 0 radical (unpaired) electrons. The number of aromatic nitrogens is 2. The van der Waals surface area contributed by atoms with Crippen molar-refractivity contribution in [3.8, 4) is 0 Å². The normalized spacial score (nSPS) is 12.6. The molecule has 7 nitrogen and oxygen atoms in total. The molecule has 2 rings (SSSR count). The number of carbonyl (C=O) groups is 1. The predicted molar refractivity (Wildman–Crippen MR) is 98.2 cm³/mol. The fraction of sp³-hybridized carbons (Fsp3) is 0.412. The van der Waals surface area contributed by atoms with Gasteiger partial charge in [0, 0.05) is 23.0 Å². The third kappa shape index (κ3) is 5.32. The van der Waals surface area contributed by atoms with Gasteiger partial charge in [-0.15, -0.1) is 0 Å². The van der Waals surface area contributed by atoms with Crippen molar-refractivity contribution in [3.63, 3.8) is 0 Å². The first-order valence-electron chi connectivity index (χ1n) is 8.12. The van der Waals surface area contributed by atoms with Crippen LogP contribution in [0.1, 0.15) is 35.6 Å². The van der Waals surface area contributed by atoms with E-state index in [1.165, 1.54) is 0 Å². The summed E-state index contributed by atoms with van der Waals surface area (Å²) in [6, 6.07) is 8.24. The lowest BCUT2D eigenvalue weighted by atomic mass is 10.2. The number of nitrogens with one attached hydrogen (secondary N) is 2. The van der Waals surface area contributed by atoms with Crippen LogP contribution in [0, 0.1) is 13.8 Å². The lowest BCUT2D eigenvalue weighted by molar-refractivity contribution is 0.0936. The van der Waals surface area contributed by atoms with Crippen molar-refractivity contribution in [3.05, 3.63) is 47.3 Å². The van der Waals surface area contributed by atoms with Gasteiger partial charge in [0.1, 0.15) is 0 Å². The Labute approximate surface area is 148 Å². The zero-order chi connectivity index (χ0) is 18.6. The zero-order valence-corrected chi connectivity index (χ0v) is 15.7. The lowest BCUT2D eigenvalue weighted by Crippen LogP contribution is -2.36. The molecule has 0 fully saturated rings. The van der Waals surface area contributed by atoms with Crippen LogP contribution in [-0.4, -0.2) is 35.9 Å². The van der Waals surface area contributed by atoms with Crippen LogP contribution >= 0.6 is 0 Å². The van der Waals surface area contributed by atoms with Crippen LogP contribution in [0.5, 0.6) is 0 Å². The van der Waals surface area contributed by atoms with Crippen molar-refractivity contribution in [1.82, 2.24) is 15.1 Å². The summed E-state index contributed by atoms with van der Waals surface area (Å²) in [7, 11) is -3.32. The first-order valence-corrected chi connectivity index (χ1v) is 9.78. The van der Waals surface area contributed by atoms with Gasteiger partial charge in [0.2, 0.25) is 10.0 Å². The quantitative estimate of drug-likeness (QED) is 0.787. The minimum atomic E-state index is -3.32. The number of anilines is 1. The van der Waals surface area contributed by atoms with E-state index in [2.05, 4.69) is 15.1 Å². The van der Waals surface area contributed by atoms with E-state index >= 15 is 0 Å². The van der Waals surface area contributed by atoms with Gasteiger partial charge < -0.3 is 5.32 Å². The maximum absolute atomic E-state index is 12.3. The second-order valence-corrected chi connectivity index (χ2v) is 8.08. The largest absolute Gasteiger partial charge is 0.348 e. The summed E-state index contributed by atoms with van der Waals surface area (Å²) in [4.78, 5) is 12.3. The number of hydrogen-bond donors (Lipinski definition) is 2. The Bertz CT molecular complexity index is 841. The molecular formula is C17H24N4O3S. The SMILES string of the molecule is CCS(=O)(=O)Nc1ccc(C(=O)N[C@H](C)Cn2nc(C)cc2C)cc1. The number of hydrogen-bond acceptors (Lipinski definition) is 4. The third-order valence-corrected chi connectivity index (χ3v) is 5.03. The van der Waals surface area contributed by atoms with Crippen molar-refractivity contribution >= 4 is 21.6 Å². The molecule has 1 aromatic carbocycles. The topological polar surface area (TPSA) is 93.1 Å². The van der Waals surface area contributed by atoms with E-state index in [0.717, 1.165) is 11.4 Å². The highest BCUT2D eigenvalue weighted by molar-refractivity contribution is 7.92. The summed E-state index contributed by atoms with van der Waals surface area (Å²) in [5, 5.41) is 7.31. The Morgan fingerprint density at radius 1 is 1.24 bits per heavy atom. The fourth-order valence-electron chi connectivity index (χ4n) is 2.41. The molecule has 1 heterocycles. The standard InChI is InChI=1S/C17H24N4O3S/c1-5-25(23,24)20-16-8-6-15(7-9-16)17(22)18-13(3)11-21-14(4)10-12(2)19-21/h6-10,13,20H,5,11H2,1-4H3,(H,18,22)/t13-/m1/s1. The Morgan fingerprint density at radius 2 is 1.88 bits per heavy atom. The van der Waals surface area contributed by atoms with Crippen LogP contribution in [0.4, 0.5) is 5.69 Å². The molecule has 0 spiro atoms. The lowest BCUT2D eigenvalue weighted by Gasteiger charge is -2.15. The van der Waals surface area contributed by atoms with E-state index < -0.39 is 10.0 Å². The van der Waals surface area contributed by atoms with Gasteiger partial charge in [-0.3, -0.25) is 14.2 Å². The summed E-state index contributed by atoms with van der Waals surface area (Å²) in [6.45, 7) is 7.97. The molecule has 8 heteroatoms. The van der Waals surface area contributed by atoms with E-state index in [9.17, 15) is 13.2 Å². The van der Waals surface area contributed by atoms with Crippen LogP contribution < -0.4 is 10.0 Å². The number of rotatable bonds is 7. The van der Waals surface area contributed by atoms with Crippen molar-refractivity contribution in [2.45, 2.75) is 40.3 Å². The molecule has 0 aliphatic heterocycles. The molecule has 2 N–H and O–H groups in total. The Morgan fingerprint density at radius 3 is 2.40 bits per heavy atom. The number of sulfonamides is 1. The van der Waals surface area contributed by atoms with E-state index in [0.29, 0.717) is 17.8 Å². The molecular weight excluding hydrogens is 340 g/mol. The van der Waals surface area contributed by atoms with Gasteiger partial charge in [0.15, 0.2) is 0 Å². The maximum atomic E-state index is 12.3.